The lowest BCUT2D eigenvalue weighted by atomic mass is 10.0. The predicted molar refractivity (Wildman–Crippen MR) is 224 cm³/mol. The zero-order chi connectivity index (χ0) is 40.0. The van der Waals surface area contributed by atoms with E-state index in [0.29, 0.717) is 23.9 Å². The highest BCUT2D eigenvalue weighted by atomic mass is 31.2. The van der Waals surface area contributed by atoms with Crippen molar-refractivity contribution < 1.29 is 42.1 Å². The molecule has 0 amide bonds. The second-order valence-corrected chi connectivity index (χ2v) is 16.8. The van der Waals surface area contributed by atoms with E-state index in [1.54, 1.807) is 0 Å². The molecule has 10 heteroatoms. The molecule has 314 valence electrons. The van der Waals surface area contributed by atoms with Crippen LogP contribution in [0, 0.1) is 0 Å². The van der Waals surface area contributed by atoms with Crippen LogP contribution in [0.5, 0.6) is 0 Å². The topological polar surface area (TPSA) is 108 Å². The van der Waals surface area contributed by atoms with Crippen molar-refractivity contribution in [3.8, 4) is 0 Å². The van der Waals surface area contributed by atoms with Gasteiger partial charge in [0.15, 0.2) is 6.10 Å². The number of nitrogens with zero attached hydrogens (tertiary/aromatic N) is 1. The van der Waals surface area contributed by atoms with Crippen molar-refractivity contribution in [3.63, 3.8) is 0 Å². The first-order chi connectivity index (χ1) is 26.0. The summed E-state index contributed by atoms with van der Waals surface area (Å²) < 4.78 is 34.2. The van der Waals surface area contributed by atoms with Crippen LogP contribution in [-0.2, 0) is 32.7 Å². The maximum Gasteiger partial charge on any atom is 0.472 e. The zero-order valence-electron chi connectivity index (χ0n) is 35.2. The molecule has 1 unspecified atom stereocenters. The van der Waals surface area contributed by atoms with Gasteiger partial charge in [0.25, 0.3) is 0 Å². The van der Waals surface area contributed by atoms with E-state index < -0.39 is 32.5 Å². The number of hydrogen-bond donors (Lipinski definition) is 1. The highest BCUT2D eigenvalue weighted by Gasteiger charge is 2.27. The van der Waals surface area contributed by atoms with Gasteiger partial charge in [-0.25, -0.2) is 4.57 Å². The van der Waals surface area contributed by atoms with E-state index in [9.17, 15) is 19.0 Å². The van der Waals surface area contributed by atoms with Crippen LogP contribution in [0.15, 0.2) is 48.6 Å². The van der Waals surface area contributed by atoms with Gasteiger partial charge in [0.1, 0.15) is 19.8 Å². The van der Waals surface area contributed by atoms with Crippen LogP contribution < -0.4 is 0 Å². The summed E-state index contributed by atoms with van der Waals surface area (Å²) in [6.45, 7) is 4.26. The molecular formula is C44H81NO8P+. The molecule has 0 bridgehead atoms. The van der Waals surface area contributed by atoms with Crippen LogP contribution >= 0.6 is 7.82 Å². The Kier molecular flexibility index (Phi) is 35.2. The fourth-order valence-electron chi connectivity index (χ4n) is 5.53. The van der Waals surface area contributed by atoms with Gasteiger partial charge in [-0.1, -0.05) is 152 Å². The smallest absolute Gasteiger partial charge is 0.462 e. The molecule has 54 heavy (non-hydrogen) atoms. The number of rotatable bonds is 38. The summed E-state index contributed by atoms with van der Waals surface area (Å²) in [5.74, 6) is -0.846. The second kappa shape index (κ2) is 36.6. The molecule has 0 saturated carbocycles. The van der Waals surface area contributed by atoms with Gasteiger partial charge in [-0.2, -0.15) is 0 Å². The summed E-state index contributed by atoms with van der Waals surface area (Å²) in [6, 6.07) is 0. The SMILES string of the molecule is CC/C=C\C/C=C\C/C=C\C/C=C\CCCCC(=O)OC[C@H](COP(=O)(O)OCC[N+](C)(C)C)OC(=O)CCCCCCCCCCCCCCCCC. The Bertz CT molecular complexity index is 1070. The number of esters is 2. The molecule has 0 saturated heterocycles. The summed E-state index contributed by atoms with van der Waals surface area (Å²) in [5.41, 5.74) is 0. The zero-order valence-corrected chi connectivity index (χ0v) is 36.1. The standard InChI is InChI=1S/C44H80NO8P/c1-6-8-10-12-14-16-18-20-22-24-26-28-30-32-34-36-43(46)50-40-42(41-52-54(48,49)51-39-38-45(3,4)5)53-44(47)37-35-33-31-29-27-25-23-21-19-17-15-13-11-9-7-2/h8,10,14,16,20,22,26,28,42H,6-7,9,11-13,15,17-19,21,23-25,27,29-41H2,1-5H3/p+1/b10-8-,16-14-,22-20-,28-26-/t42-/m1/s1. The quantitative estimate of drug-likeness (QED) is 0.0217. The minimum absolute atomic E-state index is 0.0246. The van der Waals surface area contributed by atoms with Crippen molar-refractivity contribution in [1.82, 2.24) is 0 Å². The highest BCUT2D eigenvalue weighted by Crippen LogP contribution is 2.43. The maximum atomic E-state index is 12.7. The monoisotopic (exact) mass is 783 g/mol. The molecule has 0 spiro atoms. The molecule has 0 aromatic heterocycles. The Morgan fingerprint density at radius 3 is 1.57 bits per heavy atom. The number of carbonyl (C=O) groups is 2. The number of phosphoric acid groups is 1. The minimum atomic E-state index is -4.38. The number of hydrogen-bond acceptors (Lipinski definition) is 7. The highest BCUT2D eigenvalue weighted by molar-refractivity contribution is 7.47. The summed E-state index contributed by atoms with van der Waals surface area (Å²) in [7, 11) is 1.45. The van der Waals surface area contributed by atoms with E-state index >= 15 is 0 Å². The lowest BCUT2D eigenvalue weighted by Gasteiger charge is -2.24. The molecule has 0 aliphatic rings. The number of unbranched alkanes of at least 4 members (excludes halogenated alkanes) is 16. The first-order valence-corrected chi connectivity index (χ1v) is 22.9. The van der Waals surface area contributed by atoms with Crippen molar-refractivity contribution in [1.29, 1.82) is 0 Å². The molecule has 2 atom stereocenters. The molecule has 0 aromatic rings. The van der Waals surface area contributed by atoms with Gasteiger partial charge in [-0.05, 0) is 51.4 Å². The average molecular weight is 783 g/mol. The van der Waals surface area contributed by atoms with Crippen molar-refractivity contribution in [2.45, 2.75) is 174 Å². The molecule has 0 fully saturated rings. The Labute approximate surface area is 331 Å². The van der Waals surface area contributed by atoms with E-state index in [1.165, 1.54) is 77.0 Å². The molecule has 0 aliphatic carbocycles. The Morgan fingerprint density at radius 1 is 0.593 bits per heavy atom. The van der Waals surface area contributed by atoms with Gasteiger partial charge in [0.05, 0.1) is 27.7 Å². The van der Waals surface area contributed by atoms with Crippen LogP contribution in [-0.4, -0.2) is 74.9 Å². The van der Waals surface area contributed by atoms with Gasteiger partial charge in [-0.3, -0.25) is 18.6 Å². The third-order valence-electron chi connectivity index (χ3n) is 8.87. The molecule has 0 aromatic carbocycles. The molecular weight excluding hydrogens is 701 g/mol. The first kappa shape index (κ1) is 52.0. The normalized spacial score (nSPS) is 14.1. The van der Waals surface area contributed by atoms with Gasteiger partial charge < -0.3 is 18.9 Å². The van der Waals surface area contributed by atoms with Gasteiger partial charge in [-0.15, -0.1) is 0 Å². The van der Waals surface area contributed by atoms with Crippen molar-refractivity contribution >= 4 is 19.8 Å². The number of quaternary nitrogens is 1. The molecule has 1 N–H and O–H groups in total. The van der Waals surface area contributed by atoms with Gasteiger partial charge >= 0.3 is 19.8 Å². The van der Waals surface area contributed by atoms with E-state index in [2.05, 4.69) is 62.5 Å². The lowest BCUT2D eigenvalue weighted by Crippen LogP contribution is -2.37. The van der Waals surface area contributed by atoms with E-state index in [-0.39, 0.29) is 26.1 Å². The Hall–Kier alpha value is -2.03. The third kappa shape index (κ3) is 39.7. The molecule has 9 nitrogen and oxygen atoms in total. The third-order valence-corrected chi connectivity index (χ3v) is 9.86. The largest absolute Gasteiger partial charge is 0.472 e. The van der Waals surface area contributed by atoms with Crippen LogP contribution in [0.2, 0.25) is 0 Å². The van der Waals surface area contributed by atoms with Gasteiger partial charge in [0, 0.05) is 12.8 Å². The van der Waals surface area contributed by atoms with Crippen molar-refractivity contribution in [2.24, 2.45) is 0 Å². The number of allylic oxidation sites excluding steroid dienone is 8. The Morgan fingerprint density at radius 2 is 1.06 bits per heavy atom. The summed E-state index contributed by atoms with van der Waals surface area (Å²) in [6.07, 6.45) is 41.6. The fraction of sp³-hybridized carbons (Fsp3) is 0.773. The summed E-state index contributed by atoms with van der Waals surface area (Å²) in [4.78, 5) is 35.3. The summed E-state index contributed by atoms with van der Waals surface area (Å²) in [5, 5.41) is 0. The number of phosphoric ester groups is 1. The molecule has 0 aliphatic heterocycles. The molecule has 0 rings (SSSR count). The van der Waals surface area contributed by atoms with E-state index in [1.807, 2.05) is 21.1 Å². The number of likely N-dealkylation sites (N-methyl/N-ethyl adjacent to an activating group) is 1. The van der Waals surface area contributed by atoms with E-state index in [4.69, 9.17) is 18.5 Å². The van der Waals surface area contributed by atoms with Gasteiger partial charge in [0.2, 0.25) is 0 Å². The lowest BCUT2D eigenvalue weighted by molar-refractivity contribution is -0.870. The average Bonchev–Trinajstić information content (AvgIpc) is 3.12. The van der Waals surface area contributed by atoms with Crippen LogP contribution in [0.3, 0.4) is 0 Å². The minimum Gasteiger partial charge on any atom is -0.462 e. The summed E-state index contributed by atoms with van der Waals surface area (Å²) >= 11 is 0. The fourth-order valence-corrected chi connectivity index (χ4v) is 6.27. The second-order valence-electron chi connectivity index (χ2n) is 15.4. The Balaban J connectivity index is 4.44. The first-order valence-electron chi connectivity index (χ1n) is 21.4. The van der Waals surface area contributed by atoms with Crippen molar-refractivity contribution in [3.05, 3.63) is 48.6 Å². The van der Waals surface area contributed by atoms with Crippen LogP contribution in [0.4, 0.5) is 0 Å². The molecule has 0 radical (unpaired) electrons. The van der Waals surface area contributed by atoms with E-state index in [0.717, 1.165) is 51.4 Å². The number of carbonyl (C=O) groups excluding carboxylic acids is 2. The molecule has 0 heterocycles. The number of ether oxygens (including phenoxy) is 2. The maximum absolute atomic E-state index is 12.7. The van der Waals surface area contributed by atoms with Crippen molar-refractivity contribution in [2.75, 3.05) is 47.5 Å². The van der Waals surface area contributed by atoms with Crippen LogP contribution in [0.1, 0.15) is 168 Å². The predicted octanol–water partition coefficient (Wildman–Crippen LogP) is 11.9. The van der Waals surface area contributed by atoms with Crippen LogP contribution in [0.25, 0.3) is 0 Å².